The van der Waals surface area contributed by atoms with E-state index in [0.29, 0.717) is 50.1 Å². The molecule has 0 spiro atoms. The Kier molecular flexibility index (Phi) is 31.0. The summed E-state index contributed by atoms with van der Waals surface area (Å²) in [6.45, 7) is 1.60. The highest BCUT2D eigenvalue weighted by molar-refractivity contribution is 5.64. The highest BCUT2D eigenvalue weighted by Crippen LogP contribution is 2.48. The van der Waals surface area contributed by atoms with Gasteiger partial charge in [-0.1, -0.05) is 42.5 Å². The van der Waals surface area contributed by atoms with Crippen LogP contribution in [0.3, 0.4) is 0 Å². The Hall–Kier alpha value is -18.5. The fourth-order valence-electron chi connectivity index (χ4n) is 12.2. The minimum absolute atomic E-state index is 0.000648. The lowest BCUT2D eigenvalue weighted by molar-refractivity contribution is 0.362. The van der Waals surface area contributed by atoms with Crippen LogP contribution in [0.4, 0.5) is 0 Å². The first-order valence-corrected chi connectivity index (χ1v) is 37.4. The van der Waals surface area contributed by atoms with Gasteiger partial charge in [0.05, 0.1) is 0 Å². The number of rotatable bonds is 14. The number of hydrogen-bond donors (Lipinski definition) is 38. The lowest BCUT2D eigenvalue weighted by atomic mass is 9.98. The predicted molar refractivity (Wildman–Crippen MR) is 458 cm³/mol. The Labute approximate surface area is 732 Å². The molecule has 38 N–H and O–H groups in total. The van der Waals surface area contributed by atoms with Gasteiger partial charge in [-0.3, -0.25) is 0 Å². The summed E-state index contributed by atoms with van der Waals surface area (Å²) in [7, 11) is 0. The van der Waals surface area contributed by atoms with E-state index >= 15 is 0 Å². The van der Waals surface area contributed by atoms with Crippen molar-refractivity contribution in [2.75, 3.05) is 0 Å². The molecule has 38 nitrogen and oxygen atoms in total. The Morgan fingerprint density at radius 1 is 0.131 bits per heavy atom. The monoisotopic (exact) mass is 1800 g/mol. The molecule has 14 rings (SSSR count). The Morgan fingerprint density at radius 2 is 0.346 bits per heavy atom. The van der Waals surface area contributed by atoms with Crippen LogP contribution >= 0.6 is 0 Å². The summed E-state index contributed by atoms with van der Waals surface area (Å²) in [4.78, 5) is 0. The first-order valence-electron chi connectivity index (χ1n) is 37.4. The van der Waals surface area contributed by atoms with Gasteiger partial charge in [0.25, 0.3) is 0 Å². The van der Waals surface area contributed by atoms with Gasteiger partial charge in [0.2, 0.25) is 28.7 Å². The third-order valence-electron chi connectivity index (χ3n) is 19.1. The molecule has 14 aromatic rings. The topological polar surface area (TPSA) is 769 Å². The van der Waals surface area contributed by atoms with Crippen molar-refractivity contribution in [3.8, 4) is 218 Å². The molecule has 0 aliphatic rings. The summed E-state index contributed by atoms with van der Waals surface area (Å²) in [5, 5.41) is 358. The fraction of sp³-hybridized carbons (Fsp3) is 0.0870. The molecule has 0 amide bonds. The molecule has 682 valence electrons. The van der Waals surface area contributed by atoms with Crippen molar-refractivity contribution in [1.82, 2.24) is 0 Å². The molecular weight excluding hydrogens is 1710 g/mol. The minimum Gasteiger partial charge on any atom is -0.508 e. The van der Waals surface area contributed by atoms with E-state index in [1.807, 2.05) is 0 Å². The van der Waals surface area contributed by atoms with Crippen LogP contribution in [0.25, 0.3) is 0 Å². The van der Waals surface area contributed by atoms with Crippen LogP contribution in [-0.4, -0.2) is 194 Å². The molecule has 0 bridgehead atoms. The summed E-state index contributed by atoms with van der Waals surface area (Å²) in [6.07, 6.45) is 0.675. The second kappa shape index (κ2) is 41.6. The van der Waals surface area contributed by atoms with Crippen LogP contribution in [0.1, 0.15) is 83.5 Å². The van der Waals surface area contributed by atoms with E-state index in [1.54, 1.807) is 13.0 Å². The largest absolute Gasteiger partial charge is 0.508 e. The quantitative estimate of drug-likeness (QED) is 0.0450. The molecule has 0 atom stereocenters. The van der Waals surface area contributed by atoms with E-state index in [1.165, 1.54) is 146 Å². The smallest absolute Gasteiger partial charge is 0.200 e. The van der Waals surface area contributed by atoms with E-state index in [0.717, 1.165) is 36.4 Å². The zero-order valence-electron chi connectivity index (χ0n) is 67.3. The predicted octanol–water partition coefficient (Wildman–Crippen LogP) is 12.1. The minimum atomic E-state index is -0.671. The fourth-order valence-corrected chi connectivity index (χ4v) is 12.2. The summed E-state index contributed by atoms with van der Waals surface area (Å²) in [5.41, 5.74) is 5.38. The molecule has 0 fully saturated rings. The Balaban J connectivity index is 0.000000187. The van der Waals surface area contributed by atoms with Crippen molar-refractivity contribution in [2.24, 2.45) is 0 Å². The number of benzene rings is 14. The first kappa shape index (κ1) is 96.9. The molecule has 0 unspecified atom stereocenters. The van der Waals surface area contributed by atoms with Crippen molar-refractivity contribution >= 4 is 0 Å². The standard InChI is InChI=1S/C14H14O5.3C13H12O6.3C13H12O5/c1-7-9(5-12(17)14(19)13(7)18)4-8-2-3-10(15)6-11(8)16;14-8-3-1-6(10(16)12(8)18)5-7-2-4-9(15)13(19)11(7)17;14-8-2-1-7(11(17)13(8)19)3-6-4-9(15)12(18)10(16)5-6;14-7-4-10(16)8(11(17)5-7)3-6-1-2-9(15)13(19)12(6)18;14-8-1-7(2-9(15)4-8)3-11-12(17)5-10(16)6-13(11)18;14-9-2-1-8(10(15)6-9)3-7-4-11(16)13(18)12(17)5-7;14-8-2-1-7(11(16)4-8)3-10-12(17)5-9(15)6-13(10)18/h2-3,5-6,15-19H,4H2,1H3;1-4,14-19H,5H2;2*1-2,4-5,14-19H,3H2;3*1-2,4-6,14-18H,3H2. The number of aromatic hydroxyl groups is 38. The van der Waals surface area contributed by atoms with Crippen LogP contribution < -0.4 is 0 Å². The van der Waals surface area contributed by atoms with Gasteiger partial charge in [-0.25, -0.2) is 0 Å². The van der Waals surface area contributed by atoms with Crippen molar-refractivity contribution in [1.29, 1.82) is 0 Å². The molecular formula is C92H86O38. The zero-order chi connectivity index (χ0) is 96.5. The molecule has 0 aliphatic heterocycles. The van der Waals surface area contributed by atoms with Crippen molar-refractivity contribution < 1.29 is 194 Å². The average Bonchev–Trinajstić information content (AvgIpc) is 0.455. The second-order valence-corrected chi connectivity index (χ2v) is 28.5. The van der Waals surface area contributed by atoms with Crippen molar-refractivity contribution in [3.05, 3.63) is 272 Å². The molecule has 0 heterocycles. The average molecular weight is 1800 g/mol. The molecule has 38 heteroatoms. The lowest BCUT2D eigenvalue weighted by Gasteiger charge is -2.12. The maximum Gasteiger partial charge on any atom is 0.200 e. The van der Waals surface area contributed by atoms with Crippen LogP contribution in [0.2, 0.25) is 0 Å². The Morgan fingerprint density at radius 3 is 0.662 bits per heavy atom. The molecule has 0 aliphatic carbocycles. The van der Waals surface area contributed by atoms with Gasteiger partial charge in [0.15, 0.2) is 92.0 Å². The highest BCUT2D eigenvalue weighted by Gasteiger charge is 2.23. The first-order chi connectivity index (χ1) is 61.0. The van der Waals surface area contributed by atoms with Crippen LogP contribution in [-0.2, 0) is 44.9 Å². The third kappa shape index (κ3) is 24.7. The van der Waals surface area contributed by atoms with E-state index in [-0.39, 0.29) is 182 Å². The summed E-state index contributed by atoms with van der Waals surface area (Å²) >= 11 is 0. The number of phenols is 38. The molecule has 130 heavy (non-hydrogen) atoms. The molecule has 0 aromatic heterocycles. The Bertz CT molecular complexity index is 6300. The van der Waals surface area contributed by atoms with Gasteiger partial charge >= 0.3 is 0 Å². The van der Waals surface area contributed by atoms with Gasteiger partial charge in [-0.05, 0) is 136 Å². The number of phenolic OH excluding ortho intramolecular Hbond substituents is 38. The zero-order valence-corrected chi connectivity index (χ0v) is 67.3. The van der Waals surface area contributed by atoms with Gasteiger partial charge in [0, 0.05) is 145 Å². The second-order valence-electron chi connectivity index (χ2n) is 28.5. The van der Waals surface area contributed by atoms with Gasteiger partial charge < -0.3 is 194 Å². The molecule has 0 saturated carbocycles. The van der Waals surface area contributed by atoms with E-state index in [9.17, 15) is 184 Å². The van der Waals surface area contributed by atoms with Gasteiger partial charge in [0.1, 0.15) is 97.7 Å². The maximum atomic E-state index is 9.70. The van der Waals surface area contributed by atoms with Crippen LogP contribution in [0.5, 0.6) is 218 Å². The van der Waals surface area contributed by atoms with Crippen LogP contribution in [0.15, 0.2) is 188 Å². The van der Waals surface area contributed by atoms with E-state index in [4.69, 9.17) is 10.2 Å². The normalized spacial score (nSPS) is 10.5. The molecule has 0 radical (unpaired) electrons. The number of hydrogen-bond acceptors (Lipinski definition) is 38. The van der Waals surface area contributed by atoms with E-state index < -0.39 is 115 Å². The summed E-state index contributed by atoms with van der Waals surface area (Å²) in [5.74, 6) is -14.1. The van der Waals surface area contributed by atoms with Crippen LogP contribution in [0, 0.1) is 6.92 Å². The SMILES string of the molecule is Cc1c(Cc2ccc(O)cc2O)cc(O)c(O)c1O.Oc1cc(Cc2ccc(O)c(O)c2O)cc(O)c1O.Oc1cc(O)c(Cc2ccc(O)c(O)c2O)c(O)c1.Oc1cc(O)cc(Cc2c(O)cc(O)cc2O)c1.Oc1ccc(Cc2c(O)cc(O)cc2O)c(O)c1.Oc1ccc(Cc2cc(O)c(O)c(O)c2)c(O)c1.Oc1ccc(Cc2ccc(O)c(O)c2O)c(O)c1O. The van der Waals surface area contributed by atoms with E-state index in [2.05, 4.69) is 0 Å². The lowest BCUT2D eigenvalue weighted by Crippen LogP contribution is -1.93. The maximum absolute atomic E-state index is 9.70. The molecule has 14 aromatic carbocycles. The summed E-state index contributed by atoms with van der Waals surface area (Å²) in [6, 6.07) is 39.5. The highest BCUT2D eigenvalue weighted by atomic mass is 16.4. The summed E-state index contributed by atoms with van der Waals surface area (Å²) < 4.78 is 0. The molecule has 0 saturated heterocycles. The van der Waals surface area contributed by atoms with Crippen molar-refractivity contribution in [3.63, 3.8) is 0 Å². The van der Waals surface area contributed by atoms with Gasteiger partial charge in [-0.15, -0.1) is 0 Å². The van der Waals surface area contributed by atoms with Gasteiger partial charge in [-0.2, -0.15) is 0 Å². The van der Waals surface area contributed by atoms with Crippen molar-refractivity contribution in [2.45, 2.75) is 51.9 Å². The third-order valence-corrected chi connectivity index (χ3v) is 19.1.